The topological polar surface area (TPSA) is 46.9 Å². The highest BCUT2D eigenvalue weighted by atomic mass is 19.3. The van der Waals surface area contributed by atoms with Crippen LogP contribution >= 0.6 is 0 Å². The van der Waals surface area contributed by atoms with E-state index in [1.807, 2.05) is 6.92 Å². The number of anilines is 1. The van der Waals surface area contributed by atoms with Gasteiger partial charge < -0.3 is 5.32 Å². The molecule has 118 valence electrons. The molecule has 0 fully saturated rings. The van der Waals surface area contributed by atoms with Gasteiger partial charge in [-0.3, -0.25) is 9.48 Å². The number of hydrogen-bond acceptors (Lipinski definition) is 2. The summed E-state index contributed by atoms with van der Waals surface area (Å²) >= 11 is 0. The second-order valence-electron chi connectivity index (χ2n) is 5.57. The van der Waals surface area contributed by atoms with Gasteiger partial charge in [-0.2, -0.15) is 13.9 Å². The molecule has 1 aromatic heterocycles. The molecule has 1 N–H and O–H groups in total. The van der Waals surface area contributed by atoms with Crippen molar-refractivity contribution in [1.82, 2.24) is 9.78 Å². The first kappa shape index (κ1) is 15.2. The monoisotopic (exact) mass is 315 g/mol. The van der Waals surface area contributed by atoms with Crippen molar-refractivity contribution in [3.05, 3.63) is 46.6 Å². The normalized spacial score (nSPS) is 15.6. The van der Waals surface area contributed by atoms with Gasteiger partial charge in [-0.05, 0) is 31.0 Å². The Kier molecular flexibility index (Phi) is 3.64. The van der Waals surface area contributed by atoms with Gasteiger partial charge in [0.1, 0.15) is 5.69 Å². The van der Waals surface area contributed by atoms with Gasteiger partial charge in [0.15, 0.2) is 5.82 Å². The molecule has 3 rings (SSSR count). The largest absolute Gasteiger partial charge is 0.305 e. The van der Waals surface area contributed by atoms with E-state index in [1.165, 1.54) is 10.7 Å². The zero-order valence-corrected chi connectivity index (χ0v) is 12.6. The summed E-state index contributed by atoms with van der Waals surface area (Å²) in [4.78, 5) is 12.3. The van der Waals surface area contributed by atoms with Crippen LogP contribution in [-0.2, 0) is 12.5 Å². The maximum atomic E-state index is 13.8. The number of aromatic nitrogens is 2. The molecule has 0 saturated carbocycles. The van der Waals surface area contributed by atoms with Crippen LogP contribution in [0.1, 0.15) is 40.0 Å². The molecule has 4 nitrogen and oxygen atoms in total. The van der Waals surface area contributed by atoms with Crippen molar-refractivity contribution >= 4 is 11.7 Å². The summed E-state index contributed by atoms with van der Waals surface area (Å²) in [5.74, 6) is -0.713. The molecule has 0 saturated heterocycles. The SMILES string of the molecule is C#Cc1cc(C(=O)Nc2cc3n(n2)CCCC3(F)F)ccc1C. The smallest absolute Gasteiger partial charge is 0.289 e. The van der Waals surface area contributed by atoms with E-state index in [2.05, 4.69) is 16.3 Å². The van der Waals surface area contributed by atoms with E-state index in [9.17, 15) is 13.6 Å². The maximum Gasteiger partial charge on any atom is 0.289 e. The van der Waals surface area contributed by atoms with Gasteiger partial charge in [0.2, 0.25) is 0 Å². The fourth-order valence-corrected chi connectivity index (χ4v) is 2.63. The van der Waals surface area contributed by atoms with E-state index < -0.39 is 11.8 Å². The summed E-state index contributed by atoms with van der Waals surface area (Å²) < 4.78 is 28.9. The molecule has 0 aliphatic carbocycles. The zero-order chi connectivity index (χ0) is 16.6. The lowest BCUT2D eigenvalue weighted by Gasteiger charge is -2.22. The Labute approximate surface area is 132 Å². The standard InChI is InChI=1S/C17H15F2N3O/c1-3-12-9-13(6-5-11(12)2)16(23)20-15-10-14-17(18,19)7-4-8-22(14)21-15/h1,5-6,9-10H,4,7-8H2,2H3,(H,20,21,23). The highest BCUT2D eigenvalue weighted by Crippen LogP contribution is 2.37. The van der Waals surface area contributed by atoms with Crippen LogP contribution < -0.4 is 5.32 Å². The summed E-state index contributed by atoms with van der Waals surface area (Å²) in [6.45, 7) is 2.27. The lowest BCUT2D eigenvalue weighted by atomic mass is 10.1. The number of fused-ring (bicyclic) bond motifs is 1. The quantitative estimate of drug-likeness (QED) is 0.864. The van der Waals surface area contributed by atoms with Crippen LogP contribution in [0.4, 0.5) is 14.6 Å². The molecule has 0 unspecified atom stereocenters. The van der Waals surface area contributed by atoms with Crippen molar-refractivity contribution in [2.45, 2.75) is 32.2 Å². The minimum Gasteiger partial charge on any atom is -0.305 e. The second kappa shape index (κ2) is 5.51. The van der Waals surface area contributed by atoms with Gasteiger partial charge in [0.05, 0.1) is 0 Å². The van der Waals surface area contributed by atoms with Crippen LogP contribution in [0.3, 0.4) is 0 Å². The Hall–Kier alpha value is -2.68. The lowest BCUT2D eigenvalue weighted by molar-refractivity contribution is -0.0364. The predicted octanol–water partition coefficient (Wildman–Crippen LogP) is 3.31. The van der Waals surface area contributed by atoms with Gasteiger partial charge in [-0.25, -0.2) is 0 Å². The minimum atomic E-state index is -2.91. The van der Waals surface area contributed by atoms with Crippen molar-refractivity contribution in [3.8, 4) is 12.3 Å². The number of amides is 1. The number of alkyl halides is 2. The maximum absolute atomic E-state index is 13.8. The van der Waals surface area contributed by atoms with E-state index in [-0.39, 0.29) is 17.9 Å². The number of terminal acetylenes is 1. The molecule has 1 amide bonds. The van der Waals surface area contributed by atoms with Crippen molar-refractivity contribution in [2.75, 3.05) is 5.32 Å². The van der Waals surface area contributed by atoms with Crippen molar-refractivity contribution < 1.29 is 13.6 Å². The molecule has 2 aromatic rings. The molecular formula is C17H15F2N3O. The zero-order valence-electron chi connectivity index (χ0n) is 12.6. The average molecular weight is 315 g/mol. The lowest BCUT2D eigenvalue weighted by Crippen LogP contribution is -2.25. The molecule has 1 aliphatic heterocycles. The fraction of sp³-hybridized carbons (Fsp3) is 0.294. The molecule has 23 heavy (non-hydrogen) atoms. The molecular weight excluding hydrogens is 300 g/mol. The molecule has 0 spiro atoms. The second-order valence-corrected chi connectivity index (χ2v) is 5.57. The first-order valence-corrected chi connectivity index (χ1v) is 7.25. The van der Waals surface area contributed by atoms with E-state index in [0.717, 1.165) is 5.56 Å². The van der Waals surface area contributed by atoms with Crippen LogP contribution in [0.5, 0.6) is 0 Å². The molecule has 0 bridgehead atoms. The molecule has 2 heterocycles. The Bertz CT molecular complexity index is 818. The van der Waals surface area contributed by atoms with Crippen LogP contribution in [0, 0.1) is 19.3 Å². The molecule has 0 atom stereocenters. The average Bonchev–Trinajstić information content (AvgIpc) is 2.91. The molecule has 1 aliphatic rings. The van der Waals surface area contributed by atoms with E-state index in [1.54, 1.807) is 18.2 Å². The Morgan fingerprint density at radius 2 is 2.22 bits per heavy atom. The van der Waals surface area contributed by atoms with Gasteiger partial charge in [-0.1, -0.05) is 12.0 Å². The van der Waals surface area contributed by atoms with Gasteiger partial charge in [-0.15, -0.1) is 6.42 Å². The third-order valence-corrected chi connectivity index (χ3v) is 3.91. The number of nitrogens with zero attached hydrogens (tertiary/aromatic N) is 2. The van der Waals surface area contributed by atoms with Crippen LogP contribution in [0.15, 0.2) is 24.3 Å². The number of rotatable bonds is 2. The molecule has 6 heteroatoms. The van der Waals surface area contributed by atoms with Crippen LogP contribution in [0.25, 0.3) is 0 Å². The summed E-state index contributed by atoms with van der Waals surface area (Å²) in [6, 6.07) is 6.20. The summed E-state index contributed by atoms with van der Waals surface area (Å²) in [6.07, 6.45) is 5.55. The van der Waals surface area contributed by atoms with Crippen LogP contribution in [0.2, 0.25) is 0 Å². The number of halogens is 2. The van der Waals surface area contributed by atoms with E-state index >= 15 is 0 Å². The fourth-order valence-electron chi connectivity index (χ4n) is 2.63. The van der Waals surface area contributed by atoms with Crippen molar-refractivity contribution in [2.24, 2.45) is 0 Å². The number of aryl methyl sites for hydroxylation is 2. The molecule has 1 aromatic carbocycles. The Morgan fingerprint density at radius 1 is 1.43 bits per heavy atom. The first-order chi connectivity index (χ1) is 10.9. The number of nitrogens with one attached hydrogen (secondary N) is 1. The third kappa shape index (κ3) is 2.82. The summed E-state index contributed by atoms with van der Waals surface area (Å²) in [5, 5.41) is 6.59. The van der Waals surface area contributed by atoms with E-state index in [0.29, 0.717) is 24.1 Å². The Morgan fingerprint density at radius 3 is 2.91 bits per heavy atom. The molecule has 0 radical (unpaired) electrons. The number of carbonyl (C=O) groups is 1. The van der Waals surface area contributed by atoms with Crippen LogP contribution in [-0.4, -0.2) is 15.7 Å². The van der Waals surface area contributed by atoms with Crippen molar-refractivity contribution in [3.63, 3.8) is 0 Å². The predicted molar refractivity (Wildman–Crippen MR) is 82.4 cm³/mol. The van der Waals surface area contributed by atoms with Gasteiger partial charge in [0.25, 0.3) is 11.8 Å². The van der Waals surface area contributed by atoms with Crippen molar-refractivity contribution in [1.29, 1.82) is 0 Å². The summed E-state index contributed by atoms with van der Waals surface area (Å²) in [5.41, 5.74) is 1.71. The number of hydrogen-bond donors (Lipinski definition) is 1. The van der Waals surface area contributed by atoms with E-state index in [4.69, 9.17) is 6.42 Å². The third-order valence-electron chi connectivity index (χ3n) is 3.91. The van der Waals surface area contributed by atoms with Gasteiger partial charge in [0, 0.05) is 30.2 Å². The van der Waals surface area contributed by atoms with Gasteiger partial charge >= 0.3 is 0 Å². The minimum absolute atomic E-state index is 0.120. The number of carbonyl (C=O) groups excluding carboxylic acids is 1. The summed E-state index contributed by atoms with van der Waals surface area (Å²) in [7, 11) is 0. The number of benzene rings is 1. The highest BCUT2D eigenvalue weighted by molar-refractivity contribution is 6.04. The first-order valence-electron chi connectivity index (χ1n) is 7.25. The highest BCUT2D eigenvalue weighted by Gasteiger charge is 2.38. The Balaban J connectivity index is 1.84.